The first-order valence-electron chi connectivity index (χ1n) is 4.13. The molecule has 2 N–H and O–H groups in total. The van der Waals surface area contributed by atoms with Crippen LogP contribution < -0.4 is 5.32 Å². The maximum atomic E-state index is 8.27. The van der Waals surface area contributed by atoms with Crippen LogP contribution in [0.3, 0.4) is 0 Å². The molecule has 1 aromatic heterocycles. The highest BCUT2D eigenvalue weighted by Crippen LogP contribution is 1.94. The van der Waals surface area contributed by atoms with Crippen LogP contribution in [0.5, 0.6) is 0 Å². The van der Waals surface area contributed by atoms with Crippen molar-refractivity contribution in [1.82, 2.24) is 10.3 Å². The topological polar surface area (TPSA) is 51.6 Å². The van der Waals surface area contributed by atoms with Crippen molar-refractivity contribution in [3.05, 3.63) is 24.0 Å². The summed E-state index contributed by atoms with van der Waals surface area (Å²) in [5.74, 6) is 0. The Balaban J connectivity index is 2.01. The molecular weight excluding hydrogens is 150 g/mol. The van der Waals surface area contributed by atoms with Gasteiger partial charge in [-0.15, -0.1) is 0 Å². The fourth-order valence-electron chi connectivity index (χ4n) is 0.994. The van der Waals surface area contributed by atoms with E-state index in [2.05, 4.69) is 16.4 Å². The predicted molar refractivity (Wildman–Crippen MR) is 47.3 cm³/mol. The maximum Gasteiger partial charge on any atom is 0.0622 e. The summed E-state index contributed by atoms with van der Waals surface area (Å²) in [5, 5.41) is 11.5. The van der Waals surface area contributed by atoms with Crippen molar-refractivity contribution in [3.8, 4) is 6.07 Å². The van der Waals surface area contributed by atoms with E-state index in [1.165, 1.54) is 5.56 Å². The zero-order chi connectivity index (χ0) is 8.65. The number of unbranched alkanes of at least 4 members (excludes halogenated alkanes) is 1. The van der Waals surface area contributed by atoms with Crippen LogP contribution in [0.2, 0.25) is 0 Å². The third-order valence-electron chi connectivity index (χ3n) is 1.63. The van der Waals surface area contributed by atoms with Crippen LogP contribution in [0.15, 0.2) is 18.5 Å². The molecular formula is C9H13N3. The molecule has 0 radical (unpaired) electrons. The second-order valence-corrected chi connectivity index (χ2v) is 2.66. The van der Waals surface area contributed by atoms with E-state index < -0.39 is 0 Å². The van der Waals surface area contributed by atoms with Crippen molar-refractivity contribution in [3.63, 3.8) is 0 Å². The maximum absolute atomic E-state index is 8.27. The first-order chi connectivity index (χ1) is 5.93. The van der Waals surface area contributed by atoms with Gasteiger partial charge in [0.25, 0.3) is 0 Å². The van der Waals surface area contributed by atoms with Crippen LogP contribution in [0.1, 0.15) is 18.4 Å². The summed E-state index contributed by atoms with van der Waals surface area (Å²) in [6.45, 7) is 1.80. The highest BCUT2D eigenvalue weighted by Gasteiger charge is 1.90. The Morgan fingerprint density at radius 1 is 1.58 bits per heavy atom. The van der Waals surface area contributed by atoms with E-state index in [0.29, 0.717) is 6.42 Å². The second kappa shape index (κ2) is 5.39. The highest BCUT2D eigenvalue weighted by atomic mass is 14.8. The molecule has 3 nitrogen and oxygen atoms in total. The van der Waals surface area contributed by atoms with E-state index in [1.807, 2.05) is 18.5 Å². The Bertz CT molecular complexity index is 233. The van der Waals surface area contributed by atoms with E-state index in [0.717, 1.165) is 19.5 Å². The quantitative estimate of drug-likeness (QED) is 0.645. The van der Waals surface area contributed by atoms with Gasteiger partial charge in [-0.05, 0) is 24.6 Å². The number of aromatic nitrogens is 1. The van der Waals surface area contributed by atoms with Crippen LogP contribution in [0.4, 0.5) is 0 Å². The molecule has 0 aliphatic heterocycles. The first-order valence-corrected chi connectivity index (χ1v) is 4.13. The number of hydrogen-bond acceptors (Lipinski definition) is 2. The Morgan fingerprint density at radius 2 is 2.50 bits per heavy atom. The fraction of sp³-hybridized carbons (Fsp3) is 0.444. The molecule has 0 aliphatic carbocycles. The molecule has 12 heavy (non-hydrogen) atoms. The summed E-state index contributed by atoms with van der Waals surface area (Å²) < 4.78 is 0. The normalized spacial score (nSPS) is 9.58. The summed E-state index contributed by atoms with van der Waals surface area (Å²) in [6.07, 6.45) is 5.45. The molecule has 1 aromatic rings. The Hall–Kier alpha value is -1.27. The van der Waals surface area contributed by atoms with Gasteiger partial charge in [-0.2, -0.15) is 5.26 Å². The summed E-state index contributed by atoms with van der Waals surface area (Å²) in [7, 11) is 0. The summed E-state index contributed by atoms with van der Waals surface area (Å²) in [4.78, 5) is 2.99. The van der Waals surface area contributed by atoms with Gasteiger partial charge in [0.05, 0.1) is 6.07 Å². The number of aromatic amines is 1. The molecule has 3 heteroatoms. The minimum absolute atomic E-state index is 0.639. The zero-order valence-electron chi connectivity index (χ0n) is 7.01. The van der Waals surface area contributed by atoms with E-state index in [9.17, 15) is 0 Å². The smallest absolute Gasteiger partial charge is 0.0622 e. The number of H-pyrrole nitrogens is 1. The van der Waals surface area contributed by atoms with E-state index in [-0.39, 0.29) is 0 Å². The van der Waals surface area contributed by atoms with Crippen molar-refractivity contribution >= 4 is 0 Å². The summed E-state index contributed by atoms with van der Waals surface area (Å²) in [5.41, 5.74) is 1.26. The van der Waals surface area contributed by atoms with Crippen LogP contribution in [0, 0.1) is 11.3 Å². The van der Waals surface area contributed by atoms with Crippen molar-refractivity contribution in [2.75, 3.05) is 6.54 Å². The van der Waals surface area contributed by atoms with Gasteiger partial charge in [-0.1, -0.05) is 0 Å². The van der Waals surface area contributed by atoms with E-state index in [4.69, 9.17) is 5.26 Å². The molecule has 64 valence electrons. The van der Waals surface area contributed by atoms with E-state index in [1.54, 1.807) is 0 Å². The average molecular weight is 163 g/mol. The van der Waals surface area contributed by atoms with Crippen molar-refractivity contribution in [1.29, 1.82) is 5.26 Å². The standard InChI is InChI=1S/C9H13N3/c10-4-1-2-5-11-7-9-3-6-12-8-9/h3,6,8,11-12H,1-2,5,7H2. The minimum atomic E-state index is 0.639. The van der Waals surface area contributed by atoms with Gasteiger partial charge >= 0.3 is 0 Å². The number of hydrogen-bond donors (Lipinski definition) is 2. The summed E-state index contributed by atoms with van der Waals surface area (Å²) >= 11 is 0. The lowest BCUT2D eigenvalue weighted by atomic mass is 10.3. The molecule has 0 aromatic carbocycles. The SMILES string of the molecule is N#CCCCNCc1cc[nH]c1. The monoisotopic (exact) mass is 163 g/mol. The zero-order valence-corrected chi connectivity index (χ0v) is 7.01. The van der Waals surface area contributed by atoms with Crippen LogP contribution >= 0.6 is 0 Å². The molecule has 0 unspecified atom stereocenters. The third kappa shape index (κ3) is 3.22. The largest absolute Gasteiger partial charge is 0.367 e. The Kier molecular flexibility index (Phi) is 3.96. The lowest BCUT2D eigenvalue weighted by Gasteiger charge is -1.99. The number of rotatable bonds is 5. The van der Waals surface area contributed by atoms with Gasteiger partial charge < -0.3 is 10.3 Å². The molecule has 1 heterocycles. The third-order valence-corrected chi connectivity index (χ3v) is 1.63. The fourth-order valence-corrected chi connectivity index (χ4v) is 0.994. The van der Waals surface area contributed by atoms with Crippen LogP contribution in [-0.2, 0) is 6.54 Å². The number of nitrogens with one attached hydrogen (secondary N) is 2. The van der Waals surface area contributed by atoms with E-state index >= 15 is 0 Å². The van der Waals surface area contributed by atoms with Gasteiger partial charge in [0.2, 0.25) is 0 Å². The molecule has 0 aliphatic rings. The molecule has 0 amide bonds. The van der Waals surface area contributed by atoms with Gasteiger partial charge in [0, 0.05) is 25.4 Å². The Morgan fingerprint density at radius 3 is 3.17 bits per heavy atom. The molecule has 0 fully saturated rings. The predicted octanol–water partition coefficient (Wildman–Crippen LogP) is 1.41. The molecule has 0 atom stereocenters. The van der Waals surface area contributed by atoms with Gasteiger partial charge in [0.15, 0.2) is 0 Å². The van der Waals surface area contributed by atoms with Gasteiger partial charge in [0.1, 0.15) is 0 Å². The second-order valence-electron chi connectivity index (χ2n) is 2.66. The van der Waals surface area contributed by atoms with Crippen molar-refractivity contribution in [2.45, 2.75) is 19.4 Å². The van der Waals surface area contributed by atoms with Crippen LogP contribution in [0.25, 0.3) is 0 Å². The number of nitrogens with zero attached hydrogens (tertiary/aromatic N) is 1. The molecule has 1 rings (SSSR count). The lowest BCUT2D eigenvalue weighted by Crippen LogP contribution is -2.13. The molecule has 0 saturated carbocycles. The molecule has 0 spiro atoms. The molecule has 0 saturated heterocycles. The van der Waals surface area contributed by atoms with Crippen molar-refractivity contribution in [2.24, 2.45) is 0 Å². The van der Waals surface area contributed by atoms with Crippen molar-refractivity contribution < 1.29 is 0 Å². The van der Waals surface area contributed by atoms with Gasteiger partial charge in [-0.25, -0.2) is 0 Å². The Labute approximate surface area is 72.4 Å². The lowest BCUT2D eigenvalue weighted by molar-refractivity contribution is 0.658. The average Bonchev–Trinajstić information content (AvgIpc) is 2.57. The van der Waals surface area contributed by atoms with Crippen LogP contribution in [-0.4, -0.2) is 11.5 Å². The highest BCUT2D eigenvalue weighted by molar-refractivity contribution is 5.07. The molecule has 0 bridgehead atoms. The minimum Gasteiger partial charge on any atom is -0.367 e. The summed E-state index contributed by atoms with van der Waals surface area (Å²) in [6, 6.07) is 4.15. The first kappa shape index (κ1) is 8.82. The van der Waals surface area contributed by atoms with Gasteiger partial charge in [-0.3, -0.25) is 0 Å². The number of nitriles is 1.